The Labute approximate surface area is 314 Å². The molecule has 2 bridgehead atoms. The molecule has 1 saturated heterocycles. The van der Waals surface area contributed by atoms with E-state index in [9.17, 15) is 19.8 Å². The average Bonchev–Trinajstić information content (AvgIpc) is 3.50. The summed E-state index contributed by atoms with van der Waals surface area (Å²) in [6, 6.07) is -0.362. The summed E-state index contributed by atoms with van der Waals surface area (Å²) in [5.74, 6) is 2.73. The second-order valence-corrected chi connectivity index (χ2v) is 19.2. The Morgan fingerprint density at radius 1 is 0.981 bits per heavy atom. The molecule has 52 heavy (non-hydrogen) atoms. The predicted molar refractivity (Wildman–Crippen MR) is 203 cm³/mol. The molecule has 0 spiro atoms. The van der Waals surface area contributed by atoms with Gasteiger partial charge in [-0.05, 0) is 113 Å². The van der Waals surface area contributed by atoms with Crippen molar-refractivity contribution in [3.05, 3.63) is 0 Å². The van der Waals surface area contributed by atoms with E-state index in [4.69, 9.17) is 9.57 Å². The Morgan fingerprint density at radius 2 is 1.71 bits per heavy atom. The number of likely N-dealkylation sites (N-methyl/N-ethyl adjacent to an activating group) is 1. The van der Waals surface area contributed by atoms with Crippen LogP contribution in [0.2, 0.25) is 0 Å². The molecule has 1 aliphatic heterocycles. The highest BCUT2D eigenvalue weighted by Gasteiger charge is 2.58. The number of carbonyl (C=O) groups excluding carboxylic acids is 2. The number of aliphatic hydroxyl groups excluding tert-OH is 2. The lowest BCUT2D eigenvalue weighted by Gasteiger charge is -2.62. The number of nitrogens with zero attached hydrogens (tertiary/aromatic N) is 2. The molecule has 0 aromatic rings. The van der Waals surface area contributed by atoms with Crippen LogP contribution >= 0.6 is 0 Å². The molecule has 7 fully saturated rings. The van der Waals surface area contributed by atoms with Gasteiger partial charge in [0.05, 0.1) is 18.8 Å². The first-order valence-electron chi connectivity index (χ1n) is 21.3. The number of hydrogen-bond acceptors (Lipinski definition) is 8. The minimum Gasteiger partial charge on any atom is -0.394 e. The second kappa shape index (κ2) is 17.2. The van der Waals surface area contributed by atoms with Crippen molar-refractivity contribution in [2.75, 3.05) is 40.9 Å². The quantitative estimate of drug-likeness (QED) is 0.209. The molecule has 1 heterocycles. The van der Waals surface area contributed by atoms with Crippen molar-refractivity contribution in [3.8, 4) is 0 Å². The molecule has 0 aromatic carbocycles. The van der Waals surface area contributed by atoms with E-state index in [1.165, 1.54) is 38.5 Å². The van der Waals surface area contributed by atoms with Crippen LogP contribution in [-0.4, -0.2) is 109 Å². The number of carbonyl (C=O) groups is 2. The molecular weight excluding hydrogens is 656 g/mol. The molecule has 7 aliphatic rings. The molecule has 4 N–H and O–H groups in total. The van der Waals surface area contributed by atoms with Crippen LogP contribution < -0.4 is 10.6 Å². The molecule has 10 nitrogen and oxygen atoms in total. The summed E-state index contributed by atoms with van der Waals surface area (Å²) < 4.78 is 6.37. The Balaban J connectivity index is 1.12. The van der Waals surface area contributed by atoms with Gasteiger partial charge in [-0.2, -0.15) is 5.06 Å². The molecule has 0 aromatic heterocycles. The minimum absolute atomic E-state index is 0.0116. The molecular formula is C42H74N4O6. The van der Waals surface area contributed by atoms with E-state index in [-0.39, 0.29) is 48.4 Å². The van der Waals surface area contributed by atoms with Crippen molar-refractivity contribution in [2.45, 2.75) is 154 Å². The van der Waals surface area contributed by atoms with E-state index >= 15 is 0 Å². The highest BCUT2D eigenvalue weighted by atomic mass is 16.7. The zero-order valence-electron chi connectivity index (χ0n) is 33.6. The third kappa shape index (κ3) is 8.42. The van der Waals surface area contributed by atoms with E-state index in [2.05, 4.69) is 50.4 Å². The number of nitrogens with one attached hydrogen (secondary N) is 2. The Hall–Kier alpha value is -1.30. The Morgan fingerprint density at radius 3 is 2.35 bits per heavy atom. The van der Waals surface area contributed by atoms with E-state index in [0.717, 1.165) is 57.9 Å². The van der Waals surface area contributed by atoms with Crippen molar-refractivity contribution in [2.24, 2.45) is 58.7 Å². The largest absolute Gasteiger partial charge is 0.394 e. The number of methoxy groups -OCH3 is 1. The van der Waals surface area contributed by atoms with Crippen molar-refractivity contribution < 1.29 is 29.4 Å². The maximum Gasteiger partial charge on any atom is 0.240 e. The number of hydroxylamine groups is 2. The van der Waals surface area contributed by atoms with Crippen LogP contribution in [0.3, 0.4) is 0 Å². The summed E-state index contributed by atoms with van der Waals surface area (Å²) in [5.41, 5.74) is 0.325. The maximum absolute atomic E-state index is 14.3. The highest BCUT2D eigenvalue weighted by molar-refractivity contribution is 5.83. The van der Waals surface area contributed by atoms with Crippen LogP contribution in [0.4, 0.5) is 0 Å². The molecule has 0 radical (unpaired) electrons. The molecule has 6 saturated carbocycles. The number of amides is 2. The van der Waals surface area contributed by atoms with Crippen molar-refractivity contribution in [3.63, 3.8) is 0 Å². The van der Waals surface area contributed by atoms with E-state index in [1.54, 1.807) is 12.0 Å². The fourth-order valence-electron chi connectivity index (χ4n) is 12.5. The van der Waals surface area contributed by atoms with Gasteiger partial charge in [0.25, 0.3) is 0 Å². The number of ether oxygens (including phenoxy) is 1. The van der Waals surface area contributed by atoms with Crippen LogP contribution in [0.1, 0.15) is 118 Å². The molecule has 5 unspecified atom stereocenters. The molecule has 6 aliphatic carbocycles. The first kappa shape index (κ1) is 40.4. The molecule has 7 rings (SSSR count). The van der Waals surface area contributed by atoms with Gasteiger partial charge in [0.2, 0.25) is 11.8 Å². The lowest BCUT2D eigenvalue weighted by Crippen LogP contribution is -2.62. The standard InChI is InChI=1S/C42H74N4O6/c1-25-33-20-31(42(33,3)4)21-34(25)43-41(50)38-37(26(2)48)36(24-47)52-46(38)22-30-17-12-18-32(39(30)51-7)28-15-11-16-29(19-28)40(49)44-35(23-45(5)6)27-13-9-8-10-14-27/h25-39,47-48H,8-24H2,1-7H3,(H,43,50)(H,44,49)/t25-,26-,28?,29?,30?,31+,32?,33-,34-,35+,36-,37-,38-,39?/m0/s1. The van der Waals surface area contributed by atoms with Gasteiger partial charge in [0.1, 0.15) is 12.1 Å². The molecule has 10 heteroatoms. The van der Waals surface area contributed by atoms with Gasteiger partial charge in [0.15, 0.2) is 0 Å². The summed E-state index contributed by atoms with van der Waals surface area (Å²) in [6.07, 6.45) is 14.2. The number of fused-ring (bicyclic) bond motifs is 2. The van der Waals surface area contributed by atoms with E-state index < -0.39 is 24.2 Å². The Bertz CT molecular complexity index is 1190. The number of hydrogen-bond donors (Lipinski definition) is 4. The van der Waals surface area contributed by atoms with Crippen LogP contribution in [0.15, 0.2) is 0 Å². The average molecular weight is 731 g/mol. The topological polar surface area (TPSA) is 124 Å². The molecule has 14 atom stereocenters. The van der Waals surface area contributed by atoms with Gasteiger partial charge in [-0.15, -0.1) is 0 Å². The summed E-state index contributed by atoms with van der Waals surface area (Å²) in [7, 11) is 6.04. The normalized spacial score (nSPS) is 40.9. The SMILES string of the molecule is COC1C(CN2O[C@@H](CO)[C@H]([C@H](C)O)[C@H]2C(=O)N[C@H]2C[C@H]3C[C@@H]([C@@H]2C)C3(C)C)CCCC1C1CCCC(C(=O)N[C@H](CN(C)C)C2CCCCC2)C1. The van der Waals surface area contributed by atoms with E-state index in [1.807, 2.05) is 7.11 Å². The maximum atomic E-state index is 14.3. The summed E-state index contributed by atoms with van der Waals surface area (Å²) in [5, 5.41) is 30.1. The molecule has 298 valence electrons. The number of rotatable bonds is 13. The summed E-state index contributed by atoms with van der Waals surface area (Å²) in [4.78, 5) is 36.8. The van der Waals surface area contributed by atoms with Crippen molar-refractivity contribution in [1.82, 2.24) is 20.6 Å². The van der Waals surface area contributed by atoms with Gasteiger partial charge in [0, 0.05) is 50.0 Å². The van der Waals surface area contributed by atoms with Crippen LogP contribution in [0.5, 0.6) is 0 Å². The van der Waals surface area contributed by atoms with Crippen LogP contribution in [-0.2, 0) is 19.2 Å². The third-order valence-corrected chi connectivity index (χ3v) is 15.5. The number of aliphatic hydroxyl groups is 2. The van der Waals surface area contributed by atoms with Crippen molar-refractivity contribution in [1.29, 1.82) is 0 Å². The Kier molecular flexibility index (Phi) is 13.4. The van der Waals surface area contributed by atoms with Gasteiger partial charge in [-0.3, -0.25) is 14.4 Å². The van der Waals surface area contributed by atoms with Gasteiger partial charge < -0.3 is 30.5 Å². The third-order valence-electron chi connectivity index (χ3n) is 15.5. The first-order chi connectivity index (χ1) is 24.8. The lowest BCUT2D eigenvalue weighted by molar-refractivity contribution is -0.193. The summed E-state index contributed by atoms with van der Waals surface area (Å²) >= 11 is 0. The summed E-state index contributed by atoms with van der Waals surface area (Å²) in [6.45, 7) is 9.88. The molecule has 2 amide bonds. The van der Waals surface area contributed by atoms with Crippen LogP contribution in [0.25, 0.3) is 0 Å². The fourth-order valence-corrected chi connectivity index (χ4v) is 12.5. The van der Waals surface area contributed by atoms with Gasteiger partial charge >= 0.3 is 0 Å². The van der Waals surface area contributed by atoms with Gasteiger partial charge in [-0.1, -0.05) is 59.3 Å². The first-order valence-corrected chi connectivity index (χ1v) is 21.3. The fraction of sp³-hybridized carbons (Fsp3) is 0.952. The van der Waals surface area contributed by atoms with Crippen molar-refractivity contribution >= 4 is 11.8 Å². The zero-order chi connectivity index (χ0) is 37.3. The zero-order valence-corrected chi connectivity index (χ0v) is 33.6. The minimum atomic E-state index is -0.813. The second-order valence-electron chi connectivity index (χ2n) is 19.2. The van der Waals surface area contributed by atoms with Crippen LogP contribution in [0, 0.1) is 58.7 Å². The highest BCUT2D eigenvalue weighted by Crippen LogP contribution is 2.61. The predicted octanol–water partition coefficient (Wildman–Crippen LogP) is 5.01. The lowest BCUT2D eigenvalue weighted by atomic mass is 9.45. The monoisotopic (exact) mass is 731 g/mol. The van der Waals surface area contributed by atoms with Gasteiger partial charge in [-0.25, -0.2) is 0 Å². The van der Waals surface area contributed by atoms with E-state index in [0.29, 0.717) is 47.5 Å². The smallest absolute Gasteiger partial charge is 0.240 e.